The van der Waals surface area contributed by atoms with Crippen molar-refractivity contribution in [2.45, 2.75) is 90.4 Å². The van der Waals surface area contributed by atoms with Crippen molar-refractivity contribution in [1.29, 1.82) is 0 Å². The number of ether oxygens (including phenoxy) is 3. The van der Waals surface area contributed by atoms with Crippen molar-refractivity contribution in [3.8, 4) is 11.5 Å². The molecule has 0 saturated heterocycles. The van der Waals surface area contributed by atoms with Crippen molar-refractivity contribution in [3.05, 3.63) is 130 Å². The summed E-state index contributed by atoms with van der Waals surface area (Å²) in [6.45, 7) is 15.9. The van der Waals surface area contributed by atoms with Crippen LogP contribution in [0.1, 0.15) is 92.8 Å². The molecule has 3 nitrogen and oxygen atoms in total. The van der Waals surface area contributed by atoms with Gasteiger partial charge < -0.3 is 14.2 Å². The van der Waals surface area contributed by atoms with Gasteiger partial charge in [0.1, 0.15) is 24.7 Å². The Bertz CT molecular complexity index is 1520. The fourth-order valence-corrected chi connectivity index (χ4v) is 5.95. The van der Waals surface area contributed by atoms with Crippen LogP contribution in [0.3, 0.4) is 0 Å². The maximum Gasteiger partial charge on any atom is 0.125 e. The quantitative estimate of drug-likeness (QED) is 0.149. The molecule has 0 aliphatic heterocycles. The third-order valence-corrected chi connectivity index (χ3v) is 8.78. The maximum atomic E-state index is 6.44. The van der Waals surface area contributed by atoms with Gasteiger partial charge >= 0.3 is 0 Å². The number of benzene rings is 4. The highest BCUT2D eigenvalue weighted by Crippen LogP contribution is 2.52. The lowest BCUT2D eigenvalue weighted by atomic mass is 9.81. The van der Waals surface area contributed by atoms with E-state index in [1.54, 1.807) is 0 Å². The minimum atomic E-state index is 0.000484. The van der Waals surface area contributed by atoms with Crippen LogP contribution < -0.4 is 9.47 Å². The Labute approximate surface area is 269 Å². The highest BCUT2D eigenvalue weighted by Gasteiger charge is 2.41. The molecule has 0 radical (unpaired) electrons. The van der Waals surface area contributed by atoms with Gasteiger partial charge in [0.2, 0.25) is 0 Å². The SMILES string of the molecule is CC(C)(C)c1ccc(OCc2ccccc2)c(COCC2C[C@@H]2c2cc(OCc3ccccc3)c(CCl)cc2C(C)(C)C)c1. The standard InChI is InChI=1S/C40H47ClO3/c1-39(2,3)33-17-18-37(43-24-28-13-9-7-10-14-28)32(19-33)27-42-26-31-20-34(31)35-22-38(44-25-29-15-11-8-12-16-29)30(23-41)21-36(35)40(4,5)6/h7-19,21-22,31,34H,20,23-27H2,1-6H3/t31?,34-/m0/s1. The summed E-state index contributed by atoms with van der Waals surface area (Å²) >= 11 is 6.44. The molecule has 0 heterocycles. The number of hydrogen-bond acceptors (Lipinski definition) is 3. The summed E-state index contributed by atoms with van der Waals surface area (Å²) in [4.78, 5) is 0. The monoisotopic (exact) mass is 610 g/mol. The lowest BCUT2D eigenvalue weighted by Gasteiger charge is -2.26. The molecule has 0 spiro atoms. The summed E-state index contributed by atoms with van der Waals surface area (Å²) in [5, 5.41) is 0. The Morgan fingerprint density at radius 3 is 1.84 bits per heavy atom. The zero-order valence-electron chi connectivity index (χ0n) is 27.2. The summed E-state index contributed by atoms with van der Waals surface area (Å²) < 4.78 is 19.1. The largest absolute Gasteiger partial charge is 0.489 e. The lowest BCUT2D eigenvalue weighted by Crippen LogP contribution is -2.16. The van der Waals surface area contributed by atoms with Gasteiger partial charge in [-0.25, -0.2) is 0 Å². The number of rotatable bonds is 12. The second-order valence-electron chi connectivity index (χ2n) is 14.2. The van der Waals surface area contributed by atoms with Gasteiger partial charge in [0.25, 0.3) is 0 Å². The van der Waals surface area contributed by atoms with Crippen molar-refractivity contribution in [2.75, 3.05) is 6.61 Å². The molecule has 1 aliphatic rings. The van der Waals surface area contributed by atoms with E-state index in [1.807, 2.05) is 36.4 Å². The van der Waals surface area contributed by atoms with Crippen LogP contribution in [0.4, 0.5) is 0 Å². The molecule has 1 aliphatic carbocycles. The number of hydrogen-bond donors (Lipinski definition) is 0. The van der Waals surface area contributed by atoms with E-state index in [-0.39, 0.29) is 10.8 Å². The Balaban J connectivity index is 1.29. The fraction of sp³-hybridized carbons (Fsp3) is 0.400. The molecule has 5 rings (SSSR count). The second kappa shape index (κ2) is 13.8. The molecular weight excluding hydrogens is 564 g/mol. The van der Waals surface area contributed by atoms with Gasteiger partial charge in [0.15, 0.2) is 0 Å². The molecule has 232 valence electrons. The fourth-order valence-electron chi connectivity index (χ4n) is 5.74. The first-order valence-corrected chi connectivity index (χ1v) is 16.3. The zero-order chi connectivity index (χ0) is 31.3. The van der Waals surface area contributed by atoms with Crippen LogP contribution in [0.25, 0.3) is 0 Å². The summed E-state index contributed by atoms with van der Waals surface area (Å²) in [7, 11) is 0. The average molecular weight is 611 g/mol. The minimum absolute atomic E-state index is 0.000484. The number of halogens is 1. The Kier molecular flexibility index (Phi) is 10.1. The van der Waals surface area contributed by atoms with Crippen molar-refractivity contribution in [2.24, 2.45) is 5.92 Å². The number of alkyl halides is 1. The minimum Gasteiger partial charge on any atom is -0.489 e. The molecule has 0 amide bonds. The Morgan fingerprint density at radius 1 is 0.659 bits per heavy atom. The van der Waals surface area contributed by atoms with Crippen LogP contribution in [-0.4, -0.2) is 6.61 Å². The van der Waals surface area contributed by atoms with Gasteiger partial charge in [-0.1, -0.05) is 114 Å². The topological polar surface area (TPSA) is 27.7 Å². The van der Waals surface area contributed by atoms with Gasteiger partial charge in [-0.05, 0) is 75.1 Å². The lowest BCUT2D eigenvalue weighted by molar-refractivity contribution is 0.107. The first kappa shape index (κ1) is 32.1. The first-order valence-electron chi connectivity index (χ1n) is 15.8. The molecule has 4 aromatic carbocycles. The smallest absolute Gasteiger partial charge is 0.125 e. The molecule has 44 heavy (non-hydrogen) atoms. The van der Waals surface area contributed by atoms with Gasteiger partial charge in [0.05, 0.1) is 19.1 Å². The highest BCUT2D eigenvalue weighted by molar-refractivity contribution is 6.17. The predicted molar refractivity (Wildman–Crippen MR) is 182 cm³/mol. The van der Waals surface area contributed by atoms with Crippen molar-refractivity contribution < 1.29 is 14.2 Å². The van der Waals surface area contributed by atoms with Crippen LogP contribution in [0, 0.1) is 5.92 Å². The second-order valence-corrected chi connectivity index (χ2v) is 14.4. The maximum absolute atomic E-state index is 6.44. The van der Waals surface area contributed by atoms with Gasteiger partial charge in [-0.2, -0.15) is 0 Å². The van der Waals surface area contributed by atoms with E-state index in [9.17, 15) is 0 Å². The van der Waals surface area contributed by atoms with Crippen molar-refractivity contribution in [3.63, 3.8) is 0 Å². The molecular formula is C40H47ClO3. The highest BCUT2D eigenvalue weighted by atomic mass is 35.5. The van der Waals surface area contributed by atoms with Crippen LogP contribution in [-0.2, 0) is 41.3 Å². The molecule has 4 heteroatoms. The molecule has 2 atom stereocenters. The average Bonchev–Trinajstić information content (AvgIpc) is 3.78. The molecule has 0 aromatic heterocycles. The summed E-state index contributed by atoms with van der Waals surface area (Å²) in [5.74, 6) is 3.12. The van der Waals surface area contributed by atoms with Crippen LogP contribution >= 0.6 is 11.6 Å². The van der Waals surface area contributed by atoms with Crippen LogP contribution in [0.5, 0.6) is 11.5 Å². The summed E-state index contributed by atoms with van der Waals surface area (Å²) in [5.41, 5.74) is 8.50. The van der Waals surface area contributed by atoms with E-state index in [4.69, 9.17) is 25.8 Å². The normalized spacial score (nSPS) is 16.5. The predicted octanol–water partition coefficient (Wildman–Crippen LogP) is 10.5. The summed E-state index contributed by atoms with van der Waals surface area (Å²) in [6.07, 6.45) is 1.11. The van der Waals surface area contributed by atoms with Gasteiger partial charge in [-0.3, -0.25) is 0 Å². The third-order valence-electron chi connectivity index (χ3n) is 8.50. The van der Waals surface area contributed by atoms with Crippen LogP contribution in [0.2, 0.25) is 0 Å². The van der Waals surface area contributed by atoms with E-state index in [1.165, 1.54) is 16.7 Å². The molecule has 1 saturated carbocycles. The van der Waals surface area contributed by atoms with E-state index in [2.05, 4.69) is 96.1 Å². The molecule has 4 aromatic rings. The van der Waals surface area contributed by atoms with Gasteiger partial charge in [0, 0.05) is 11.1 Å². The molecule has 1 unspecified atom stereocenters. The molecule has 1 fully saturated rings. The van der Waals surface area contributed by atoms with Gasteiger partial charge in [-0.15, -0.1) is 11.6 Å². The van der Waals surface area contributed by atoms with Crippen LogP contribution in [0.15, 0.2) is 91.0 Å². The van der Waals surface area contributed by atoms with E-state index < -0.39 is 0 Å². The first-order chi connectivity index (χ1) is 21.0. The van der Waals surface area contributed by atoms with E-state index in [0.717, 1.165) is 40.2 Å². The van der Waals surface area contributed by atoms with E-state index >= 15 is 0 Å². The van der Waals surface area contributed by atoms with Crippen molar-refractivity contribution in [1.82, 2.24) is 0 Å². The molecule has 0 bridgehead atoms. The zero-order valence-corrected chi connectivity index (χ0v) is 27.9. The van der Waals surface area contributed by atoms with E-state index in [0.29, 0.717) is 44.1 Å². The third kappa shape index (κ3) is 8.25. The molecule has 0 N–H and O–H groups in total. The Hall–Kier alpha value is -3.27. The summed E-state index contributed by atoms with van der Waals surface area (Å²) in [6, 6.07) is 31.7. The Morgan fingerprint density at radius 2 is 1.27 bits per heavy atom. The van der Waals surface area contributed by atoms with Crippen molar-refractivity contribution >= 4 is 11.6 Å².